The Morgan fingerprint density at radius 3 is 2.31 bits per heavy atom. The van der Waals surface area contributed by atoms with E-state index in [2.05, 4.69) is 9.62 Å². The Morgan fingerprint density at radius 2 is 1.75 bits per heavy atom. The van der Waals surface area contributed by atoms with Crippen molar-refractivity contribution in [1.82, 2.24) is 9.78 Å². The van der Waals surface area contributed by atoms with Crippen molar-refractivity contribution in [2.75, 3.05) is 0 Å². The van der Waals surface area contributed by atoms with Gasteiger partial charge in [0.05, 0.1) is 34.0 Å². The zero-order chi connectivity index (χ0) is 25.0. The maximum Gasteiger partial charge on any atom is 0.471 e. The molecule has 15 heteroatoms. The van der Waals surface area contributed by atoms with Gasteiger partial charge in [-0.25, -0.2) is 13.6 Å². The molecular weight excluding hydrogens is 536 g/mol. The maximum absolute atomic E-state index is 15.3. The molecule has 0 spiro atoms. The van der Waals surface area contributed by atoms with Gasteiger partial charge in [0.25, 0.3) is 5.56 Å². The second-order valence-electron chi connectivity index (χ2n) is 6.97. The second kappa shape index (κ2) is 13.8. The Morgan fingerprint density at radius 1 is 1.14 bits per heavy atom. The topological polar surface area (TPSA) is 158 Å². The van der Waals surface area contributed by atoms with Crippen LogP contribution in [0.1, 0.15) is 27.9 Å². The van der Waals surface area contributed by atoms with Crippen molar-refractivity contribution in [2.45, 2.75) is 20.1 Å². The number of benzene rings is 2. The minimum absolute atomic E-state index is 0. The second-order valence-corrected chi connectivity index (χ2v) is 8.62. The normalized spacial score (nSPS) is 10.4. The van der Waals surface area contributed by atoms with E-state index in [0.29, 0.717) is 4.68 Å². The van der Waals surface area contributed by atoms with E-state index in [1.54, 1.807) is 0 Å². The third kappa shape index (κ3) is 8.49. The molecule has 0 unspecified atom stereocenters. The average molecular weight is 551 g/mol. The fraction of sp³-hybridized carbons (Fsp3) is 0.143. The van der Waals surface area contributed by atoms with Crippen LogP contribution >= 0.6 is 19.4 Å². The summed E-state index contributed by atoms with van der Waals surface area (Å²) in [5.74, 6) is -1.14. The molecule has 2 radical (unpaired) electrons. The van der Waals surface area contributed by atoms with E-state index in [9.17, 15) is 9.36 Å². The summed E-state index contributed by atoms with van der Waals surface area (Å²) in [7, 11) is -4.84. The summed E-state index contributed by atoms with van der Waals surface area (Å²) in [4.78, 5) is 29.9. The number of phosphoric ester groups is 1. The molecule has 3 aromatic rings. The van der Waals surface area contributed by atoms with Crippen LogP contribution < -0.4 is 10.3 Å². The van der Waals surface area contributed by atoms with Gasteiger partial charge in [0.15, 0.2) is 18.3 Å². The maximum atomic E-state index is 15.3. The number of ether oxygens (including phenoxy) is 1. The van der Waals surface area contributed by atoms with E-state index in [4.69, 9.17) is 36.6 Å². The van der Waals surface area contributed by atoms with E-state index in [-0.39, 0.29) is 110 Å². The number of hydrogen-bond donors (Lipinski definition) is 2. The van der Waals surface area contributed by atoms with Crippen molar-refractivity contribution in [3.8, 4) is 23.6 Å². The molecule has 1 heterocycles. The molecule has 2 aromatic carbocycles. The number of nitriles is 2. The van der Waals surface area contributed by atoms with Crippen molar-refractivity contribution in [2.24, 2.45) is 0 Å². The molecule has 0 bridgehead atoms. The first-order chi connectivity index (χ1) is 16.0. The summed E-state index contributed by atoms with van der Waals surface area (Å²) in [5, 5.41) is 22.1. The predicted octanol–water partition coefficient (Wildman–Crippen LogP) is 2.78. The summed E-state index contributed by atoms with van der Waals surface area (Å²) < 4.78 is 36.8. The zero-order valence-corrected chi connectivity index (χ0v) is 25.0. The molecular formula is C21H15ClFN4Na2O6P. The Labute approximate surface area is 254 Å². The van der Waals surface area contributed by atoms with Crippen LogP contribution in [0.5, 0.6) is 11.5 Å². The van der Waals surface area contributed by atoms with Crippen molar-refractivity contribution >= 4 is 78.5 Å². The van der Waals surface area contributed by atoms with Gasteiger partial charge in [0, 0.05) is 71.1 Å². The number of hydrogen-bond acceptors (Lipinski definition) is 7. The van der Waals surface area contributed by atoms with E-state index in [1.165, 1.54) is 43.3 Å². The minimum Gasteiger partial charge on any atom is -0.453 e. The smallest absolute Gasteiger partial charge is 0.453 e. The van der Waals surface area contributed by atoms with Crippen LogP contribution in [0.4, 0.5) is 4.39 Å². The molecule has 0 aliphatic rings. The van der Waals surface area contributed by atoms with Crippen molar-refractivity contribution in [1.29, 1.82) is 10.5 Å². The molecule has 0 aliphatic heterocycles. The molecule has 0 aliphatic carbocycles. The summed E-state index contributed by atoms with van der Waals surface area (Å²) >= 11 is 6.11. The van der Waals surface area contributed by atoms with Crippen molar-refractivity contribution in [3.63, 3.8) is 0 Å². The monoisotopic (exact) mass is 550 g/mol. The van der Waals surface area contributed by atoms with Gasteiger partial charge < -0.3 is 14.5 Å². The van der Waals surface area contributed by atoms with E-state index >= 15 is 4.39 Å². The van der Waals surface area contributed by atoms with Crippen LogP contribution in [0, 0.1) is 35.4 Å². The minimum atomic E-state index is -4.84. The SMILES string of the molecule is Cc1cc(Cc2ccc(Cl)c(Oc3cc(C#N)cc(C#N)c3)c2F)nn(COP(=O)(O)O)c1=O.[Na].[Na]. The Kier molecular flexibility index (Phi) is 12.5. The molecule has 2 N–H and O–H groups in total. The third-order valence-electron chi connectivity index (χ3n) is 4.44. The van der Waals surface area contributed by atoms with Gasteiger partial charge in [0.2, 0.25) is 0 Å². The third-order valence-corrected chi connectivity index (χ3v) is 5.19. The Hall–Kier alpha value is -1.57. The molecule has 3 rings (SSSR count). The predicted molar refractivity (Wildman–Crippen MR) is 128 cm³/mol. The van der Waals surface area contributed by atoms with Gasteiger partial charge in [-0.1, -0.05) is 17.7 Å². The van der Waals surface area contributed by atoms with E-state index in [0.717, 1.165) is 0 Å². The van der Waals surface area contributed by atoms with Gasteiger partial charge in [-0.2, -0.15) is 15.6 Å². The molecule has 0 saturated carbocycles. The molecule has 176 valence electrons. The standard InChI is InChI=1S/C21H15ClFN4O6P.2Na/c1-12-4-16(26-27(21(12)28)11-32-34(29,30)31)8-15-2-3-18(22)20(19(15)23)33-17-6-13(9-24)5-14(7-17)10-25;;/h2-7H,8,11H2,1H3,(H2,29,30,31);;. The van der Waals surface area contributed by atoms with Crippen LogP contribution in [-0.2, 0) is 22.2 Å². The molecule has 0 atom stereocenters. The van der Waals surface area contributed by atoms with Gasteiger partial charge >= 0.3 is 7.82 Å². The van der Waals surface area contributed by atoms with Crippen LogP contribution in [0.3, 0.4) is 0 Å². The number of halogens is 2. The van der Waals surface area contributed by atoms with Gasteiger partial charge in [-0.3, -0.25) is 9.32 Å². The van der Waals surface area contributed by atoms with E-state index < -0.39 is 25.9 Å². The number of rotatable bonds is 7. The quantitative estimate of drug-likeness (QED) is 0.333. The molecule has 10 nitrogen and oxygen atoms in total. The van der Waals surface area contributed by atoms with Crippen LogP contribution in [0.25, 0.3) is 0 Å². The molecule has 1 aromatic heterocycles. The number of phosphoric acid groups is 1. The largest absolute Gasteiger partial charge is 0.471 e. The fourth-order valence-corrected chi connectivity index (χ4v) is 3.40. The van der Waals surface area contributed by atoms with Crippen LogP contribution in [0.15, 0.2) is 41.2 Å². The first kappa shape index (κ1) is 32.5. The molecule has 0 fully saturated rings. The van der Waals surface area contributed by atoms with E-state index in [1.807, 2.05) is 12.1 Å². The first-order valence-electron chi connectivity index (χ1n) is 9.38. The number of aromatic nitrogens is 2. The fourth-order valence-electron chi connectivity index (χ4n) is 2.95. The Balaban J connectivity index is 0.00000324. The molecule has 36 heavy (non-hydrogen) atoms. The molecule has 0 saturated heterocycles. The summed E-state index contributed by atoms with van der Waals surface area (Å²) in [6, 6.07) is 11.9. The number of nitrogens with zero attached hydrogens (tertiary/aromatic N) is 4. The van der Waals surface area contributed by atoms with Gasteiger partial charge in [-0.05, 0) is 42.8 Å². The van der Waals surface area contributed by atoms with Crippen molar-refractivity contribution in [3.05, 3.63) is 85.5 Å². The van der Waals surface area contributed by atoms with Crippen LogP contribution in [-0.4, -0.2) is 78.7 Å². The average Bonchev–Trinajstić information content (AvgIpc) is 2.79. The molecule has 0 amide bonds. The number of aryl methyl sites for hydroxylation is 1. The van der Waals surface area contributed by atoms with Gasteiger partial charge in [-0.15, -0.1) is 0 Å². The summed E-state index contributed by atoms with van der Waals surface area (Å²) in [6.45, 7) is 0.662. The Bertz CT molecular complexity index is 1440. The van der Waals surface area contributed by atoms with Gasteiger partial charge in [0.1, 0.15) is 5.75 Å². The summed E-state index contributed by atoms with van der Waals surface area (Å²) in [5.41, 5.74) is 0.134. The van der Waals surface area contributed by atoms with Crippen LogP contribution in [0.2, 0.25) is 5.02 Å². The summed E-state index contributed by atoms with van der Waals surface area (Å²) in [6.07, 6.45) is -0.127. The van der Waals surface area contributed by atoms with Crippen molar-refractivity contribution < 1.29 is 28.0 Å². The zero-order valence-electron chi connectivity index (χ0n) is 19.4. The first-order valence-corrected chi connectivity index (χ1v) is 11.3.